The van der Waals surface area contributed by atoms with Gasteiger partial charge in [0.15, 0.2) is 0 Å². The van der Waals surface area contributed by atoms with Crippen molar-refractivity contribution in [3.63, 3.8) is 0 Å². The van der Waals surface area contributed by atoms with Gasteiger partial charge in [-0.15, -0.1) is 0 Å². The van der Waals surface area contributed by atoms with Crippen LogP contribution in [0.1, 0.15) is 143 Å². The molecule has 0 fully saturated rings. The second-order valence-electron chi connectivity index (χ2n) is 11.4. The fraction of sp³-hybridized carbons (Fsp3) is 0.967. The molecule has 0 aliphatic heterocycles. The Bertz CT molecular complexity index is 459. The van der Waals surface area contributed by atoms with Gasteiger partial charge >= 0.3 is 51.4 Å². The molecule has 0 radical (unpaired) electrons. The molecule has 0 aromatic rings. The number of hydrogen-bond acceptors (Lipinski definition) is 5. The maximum Gasteiger partial charge on any atom is 1.00 e. The number of aliphatic carboxylic acids is 1. The molecule has 0 spiro atoms. The zero-order valence-electron chi connectivity index (χ0n) is 24.7. The van der Waals surface area contributed by atoms with E-state index in [-0.39, 0.29) is 64.1 Å². The molecule has 210 valence electrons. The summed E-state index contributed by atoms with van der Waals surface area (Å²) >= 11 is 0. The summed E-state index contributed by atoms with van der Waals surface area (Å²) in [6.45, 7) is 9.27. The van der Waals surface area contributed by atoms with E-state index in [1.165, 1.54) is 77.0 Å². The van der Waals surface area contributed by atoms with Gasteiger partial charge in [0.05, 0.1) is 38.0 Å². The third kappa shape index (κ3) is 31.2. The van der Waals surface area contributed by atoms with Gasteiger partial charge in [0.2, 0.25) is 0 Å². The number of carbonyl (C=O) groups is 1. The zero-order valence-corrected chi connectivity index (χ0v) is 27.9. The van der Waals surface area contributed by atoms with Crippen LogP contribution in [-0.4, -0.2) is 43.1 Å². The zero-order chi connectivity index (χ0) is 26.2. The first-order valence-corrected chi connectivity index (χ1v) is 14.9. The maximum absolute atomic E-state index is 10.6. The Morgan fingerprint density at radius 1 is 0.639 bits per heavy atom. The minimum Gasteiger partial charge on any atom is -0.548 e. The van der Waals surface area contributed by atoms with E-state index in [0.717, 1.165) is 50.4 Å². The van der Waals surface area contributed by atoms with Gasteiger partial charge in [0.1, 0.15) is 0 Å². The van der Waals surface area contributed by atoms with E-state index in [0.29, 0.717) is 6.61 Å². The summed E-state index contributed by atoms with van der Waals surface area (Å²) in [4.78, 5) is 10.6. The van der Waals surface area contributed by atoms with Crippen LogP contribution >= 0.6 is 0 Å². The third-order valence-corrected chi connectivity index (χ3v) is 6.67. The summed E-state index contributed by atoms with van der Waals surface area (Å²) in [5.41, 5.74) is 0. The molecule has 2 atom stereocenters. The van der Waals surface area contributed by atoms with Gasteiger partial charge in [-0.2, -0.15) is 0 Å². The second kappa shape index (κ2) is 29.0. The molecular formula is C30H59KO5. The number of rotatable bonds is 27. The Morgan fingerprint density at radius 3 is 1.44 bits per heavy atom. The summed E-state index contributed by atoms with van der Waals surface area (Å²) < 4.78 is 11.2. The van der Waals surface area contributed by atoms with Crippen molar-refractivity contribution in [2.45, 2.75) is 155 Å². The molecule has 0 aromatic heterocycles. The van der Waals surface area contributed by atoms with Crippen LogP contribution < -0.4 is 56.5 Å². The molecule has 0 bridgehead atoms. The van der Waals surface area contributed by atoms with Gasteiger partial charge in [0.25, 0.3) is 0 Å². The van der Waals surface area contributed by atoms with E-state index in [4.69, 9.17) is 9.47 Å². The molecule has 0 saturated carbocycles. The largest absolute Gasteiger partial charge is 1.00 e. The summed E-state index contributed by atoms with van der Waals surface area (Å²) in [7, 11) is 0. The minimum atomic E-state index is -1.21. The van der Waals surface area contributed by atoms with E-state index >= 15 is 0 Å². The minimum absolute atomic E-state index is 0. The van der Waals surface area contributed by atoms with Crippen molar-refractivity contribution in [1.29, 1.82) is 0 Å². The molecule has 0 saturated heterocycles. The van der Waals surface area contributed by atoms with Crippen LogP contribution in [-0.2, 0) is 14.3 Å². The van der Waals surface area contributed by atoms with Gasteiger partial charge in [-0.25, -0.2) is 0 Å². The van der Waals surface area contributed by atoms with Crippen LogP contribution in [0.3, 0.4) is 0 Å². The molecule has 5 nitrogen and oxygen atoms in total. The van der Waals surface area contributed by atoms with Crippen molar-refractivity contribution in [2.24, 2.45) is 11.8 Å². The van der Waals surface area contributed by atoms with Gasteiger partial charge in [-0.3, -0.25) is 0 Å². The molecule has 0 aliphatic carbocycles. The van der Waals surface area contributed by atoms with E-state index in [9.17, 15) is 15.0 Å². The molecular weight excluding hydrogens is 479 g/mol. The van der Waals surface area contributed by atoms with Gasteiger partial charge in [-0.1, -0.05) is 130 Å². The molecule has 0 aliphatic rings. The van der Waals surface area contributed by atoms with E-state index in [1.54, 1.807) is 0 Å². The van der Waals surface area contributed by atoms with E-state index in [1.807, 2.05) is 0 Å². The van der Waals surface area contributed by atoms with Crippen LogP contribution in [0.25, 0.3) is 0 Å². The first-order valence-electron chi connectivity index (χ1n) is 14.9. The number of unbranched alkanes of at least 4 members (excludes halogenated alkanes) is 12. The number of hydrogen-bond donors (Lipinski definition) is 1. The van der Waals surface area contributed by atoms with Crippen LogP contribution in [0.4, 0.5) is 0 Å². The molecule has 1 N–H and O–H groups in total. The average Bonchev–Trinajstić information content (AvgIpc) is 2.79. The SMILES string of the molecule is CC(C)CCCCCCCCCC(O)COC(CCCCCCCCCC(C)C)COCC(=O)[O-].[K+]. The number of carboxylic acids is 1. The first-order chi connectivity index (χ1) is 16.8. The maximum atomic E-state index is 10.6. The fourth-order valence-corrected chi connectivity index (χ4v) is 4.44. The van der Waals surface area contributed by atoms with Crippen molar-refractivity contribution in [2.75, 3.05) is 19.8 Å². The molecule has 0 rings (SSSR count). The predicted molar refractivity (Wildman–Crippen MR) is 144 cm³/mol. The Morgan fingerprint density at radius 2 is 1.03 bits per heavy atom. The van der Waals surface area contributed by atoms with Crippen LogP contribution in [0.15, 0.2) is 0 Å². The van der Waals surface area contributed by atoms with Crippen molar-refractivity contribution >= 4 is 5.97 Å². The quantitative estimate of drug-likeness (QED) is 0.127. The Kier molecular flexibility index (Phi) is 31.5. The van der Waals surface area contributed by atoms with Crippen molar-refractivity contribution in [3.05, 3.63) is 0 Å². The average molecular weight is 539 g/mol. The standard InChI is InChI=1S/C30H60O5.K/c1-26(2)19-15-11-7-5-9-13-17-21-28(31)23-35-29(24-34-25-30(32)33)22-18-14-10-6-8-12-16-20-27(3)4;/h26-29,31H,5-25H2,1-4H3,(H,32,33);/q;+1/p-1. The van der Waals surface area contributed by atoms with E-state index < -0.39 is 18.7 Å². The van der Waals surface area contributed by atoms with Crippen molar-refractivity contribution in [3.8, 4) is 0 Å². The number of ether oxygens (including phenoxy) is 2. The smallest absolute Gasteiger partial charge is 0.548 e. The molecule has 2 unspecified atom stereocenters. The fourth-order valence-electron chi connectivity index (χ4n) is 4.44. The van der Waals surface area contributed by atoms with Gasteiger partial charge < -0.3 is 24.5 Å². The second-order valence-corrected chi connectivity index (χ2v) is 11.4. The van der Waals surface area contributed by atoms with Crippen molar-refractivity contribution in [1.82, 2.24) is 0 Å². The van der Waals surface area contributed by atoms with Crippen LogP contribution in [0.2, 0.25) is 0 Å². The molecule has 6 heteroatoms. The number of carboxylic acid groups (broad SMARTS) is 1. The van der Waals surface area contributed by atoms with Crippen LogP contribution in [0.5, 0.6) is 0 Å². The van der Waals surface area contributed by atoms with Crippen molar-refractivity contribution < 1.29 is 75.9 Å². The third-order valence-electron chi connectivity index (χ3n) is 6.67. The topological polar surface area (TPSA) is 78.8 Å². The van der Waals surface area contributed by atoms with E-state index in [2.05, 4.69) is 27.7 Å². The summed E-state index contributed by atoms with van der Waals surface area (Å²) in [6.07, 6.45) is 21.1. The molecule has 36 heavy (non-hydrogen) atoms. The number of carbonyl (C=O) groups excluding carboxylic acids is 1. The Hall–Kier alpha value is 0.986. The number of aliphatic hydroxyl groups excluding tert-OH is 1. The Balaban J connectivity index is 0. The summed E-state index contributed by atoms with van der Waals surface area (Å²) in [5, 5.41) is 21.0. The van der Waals surface area contributed by atoms with Gasteiger partial charge in [-0.05, 0) is 24.7 Å². The van der Waals surface area contributed by atoms with Crippen LogP contribution in [0, 0.1) is 11.8 Å². The Labute approximate surface area is 266 Å². The predicted octanol–water partition coefficient (Wildman–Crippen LogP) is 3.84. The summed E-state index contributed by atoms with van der Waals surface area (Å²) in [6, 6.07) is 0. The summed E-state index contributed by atoms with van der Waals surface area (Å²) in [5.74, 6) is 0.410. The number of aliphatic hydroxyl groups is 1. The molecule has 0 heterocycles. The molecule has 0 amide bonds. The molecule has 0 aromatic carbocycles. The first kappa shape index (κ1) is 39.1. The van der Waals surface area contributed by atoms with Gasteiger partial charge in [0, 0.05) is 0 Å². The monoisotopic (exact) mass is 538 g/mol. The normalized spacial score (nSPS) is 13.2.